The largest absolute Gasteiger partial charge is 0.333 e. The molecule has 1 aromatic rings. The Balaban J connectivity index is 1.66. The molecule has 4 nitrogen and oxygen atoms in total. The minimum Gasteiger partial charge on any atom is -0.333 e. The van der Waals surface area contributed by atoms with Crippen LogP contribution < -0.4 is 10.2 Å². The van der Waals surface area contributed by atoms with E-state index in [9.17, 15) is 9.59 Å². The van der Waals surface area contributed by atoms with Crippen molar-refractivity contribution in [3.05, 3.63) is 30.3 Å². The van der Waals surface area contributed by atoms with Crippen LogP contribution in [-0.4, -0.2) is 23.9 Å². The van der Waals surface area contributed by atoms with E-state index < -0.39 is 0 Å². The van der Waals surface area contributed by atoms with Gasteiger partial charge in [0.1, 0.15) is 0 Å². The van der Waals surface area contributed by atoms with Crippen LogP contribution in [0.25, 0.3) is 0 Å². The van der Waals surface area contributed by atoms with Crippen LogP contribution in [0.5, 0.6) is 0 Å². The zero-order chi connectivity index (χ0) is 15.4. The van der Waals surface area contributed by atoms with Crippen LogP contribution in [0.15, 0.2) is 30.3 Å². The first-order valence-corrected chi connectivity index (χ1v) is 8.52. The predicted molar refractivity (Wildman–Crippen MR) is 85.4 cm³/mol. The van der Waals surface area contributed by atoms with Gasteiger partial charge in [0.25, 0.3) is 5.91 Å². The highest BCUT2D eigenvalue weighted by Crippen LogP contribution is 2.22. The number of nitrogens with zero attached hydrogens (tertiary/aromatic N) is 1. The Morgan fingerprint density at radius 2 is 1.55 bits per heavy atom. The number of carbonyl (C=O) groups excluding carboxylic acids is 2. The maximum Gasteiger partial charge on any atom is 0.292 e. The van der Waals surface area contributed by atoms with Crippen molar-refractivity contribution in [3.8, 4) is 0 Å². The molecule has 1 saturated carbocycles. The number of benzene rings is 1. The molecule has 0 radical (unpaired) electrons. The number of amides is 2. The molecule has 2 fully saturated rings. The van der Waals surface area contributed by atoms with Gasteiger partial charge < -0.3 is 5.32 Å². The summed E-state index contributed by atoms with van der Waals surface area (Å²) in [4.78, 5) is 26.2. The lowest BCUT2D eigenvalue weighted by Gasteiger charge is -2.21. The lowest BCUT2D eigenvalue weighted by Crippen LogP contribution is -2.96. The SMILES string of the molecule is O=C1C[C@H]([NH2+]C2CCCCCCC2)C(=O)N1c1ccccc1. The van der Waals surface area contributed by atoms with E-state index in [0.29, 0.717) is 18.2 Å². The highest BCUT2D eigenvalue weighted by atomic mass is 16.2. The summed E-state index contributed by atoms with van der Waals surface area (Å²) in [5.74, 6) is -0.110. The van der Waals surface area contributed by atoms with Crippen LogP contribution >= 0.6 is 0 Å². The van der Waals surface area contributed by atoms with Crippen LogP contribution in [-0.2, 0) is 9.59 Å². The van der Waals surface area contributed by atoms with Crippen LogP contribution in [0.1, 0.15) is 51.4 Å². The third-order valence-electron chi connectivity index (χ3n) is 4.85. The molecule has 2 amide bonds. The molecular formula is C18H25N2O2+. The van der Waals surface area contributed by atoms with Crippen molar-refractivity contribution in [3.63, 3.8) is 0 Å². The van der Waals surface area contributed by atoms with E-state index in [0.717, 1.165) is 0 Å². The standard InChI is InChI=1S/C18H24N2O2/c21-17-13-16(19-14-9-5-2-1-3-6-10-14)18(22)20(17)15-11-7-4-8-12-15/h4,7-8,11-12,14,16,19H,1-3,5-6,9-10,13H2/p+1/t16-/m0/s1. The number of para-hydroxylation sites is 1. The van der Waals surface area contributed by atoms with Crippen molar-refractivity contribution in [2.24, 2.45) is 0 Å². The summed E-state index contributed by atoms with van der Waals surface area (Å²) in [6, 6.07) is 9.55. The van der Waals surface area contributed by atoms with Crippen molar-refractivity contribution in [1.29, 1.82) is 0 Å². The molecule has 1 heterocycles. The van der Waals surface area contributed by atoms with Crippen LogP contribution in [0.2, 0.25) is 0 Å². The summed E-state index contributed by atoms with van der Waals surface area (Å²) in [6.45, 7) is 0. The van der Waals surface area contributed by atoms with Crippen molar-refractivity contribution in [1.82, 2.24) is 0 Å². The van der Waals surface area contributed by atoms with Gasteiger partial charge in [0.2, 0.25) is 5.91 Å². The van der Waals surface area contributed by atoms with E-state index in [1.54, 1.807) is 0 Å². The quantitative estimate of drug-likeness (QED) is 0.868. The molecule has 1 aliphatic heterocycles. The van der Waals surface area contributed by atoms with Gasteiger partial charge in [-0.15, -0.1) is 0 Å². The molecular weight excluding hydrogens is 276 g/mol. The third kappa shape index (κ3) is 3.38. The van der Waals surface area contributed by atoms with E-state index in [4.69, 9.17) is 0 Å². The fourth-order valence-electron chi connectivity index (χ4n) is 3.66. The van der Waals surface area contributed by atoms with Gasteiger partial charge in [-0.05, 0) is 37.8 Å². The molecule has 2 N–H and O–H groups in total. The first kappa shape index (κ1) is 15.2. The van der Waals surface area contributed by atoms with Crippen LogP contribution in [0.4, 0.5) is 5.69 Å². The second-order valence-corrected chi connectivity index (χ2v) is 6.51. The Hall–Kier alpha value is -1.68. The van der Waals surface area contributed by atoms with Gasteiger partial charge in [-0.2, -0.15) is 0 Å². The number of quaternary nitrogens is 1. The average Bonchev–Trinajstić information content (AvgIpc) is 2.77. The maximum absolute atomic E-state index is 12.6. The molecule has 0 aromatic heterocycles. The normalized spacial score (nSPS) is 24.4. The Morgan fingerprint density at radius 1 is 0.909 bits per heavy atom. The maximum atomic E-state index is 12.6. The Morgan fingerprint density at radius 3 is 2.23 bits per heavy atom. The summed E-state index contributed by atoms with van der Waals surface area (Å²) in [7, 11) is 0. The molecule has 1 atom stereocenters. The third-order valence-corrected chi connectivity index (χ3v) is 4.85. The number of nitrogens with two attached hydrogens (primary N) is 1. The molecule has 1 aromatic carbocycles. The first-order chi connectivity index (χ1) is 10.8. The number of carbonyl (C=O) groups is 2. The molecule has 1 aliphatic carbocycles. The van der Waals surface area contributed by atoms with Gasteiger partial charge in [0, 0.05) is 0 Å². The van der Waals surface area contributed by atoms with Gasteiger partial charge in [-0.1, -0.05) is 37.5 Å². The number of rotatable bonds is 3. The molecule has 1 saturated heterocycles. The van der Waals surface area contributed by atoms with Crippen molar-refractivity contribution in [2.75, 3.05) is 4.90 Å². The molecule has 0 spiro atoms. The number of imide groups is 1. The van der Waals surface area contributed by atoms with E-state index in [1.807, 2.05) is 30.3 Å². The number of anilines is 1. The smallest absolute Gasteiger partial charge is 0.292 e. The highest BCUT2D eigenvalue weighted by molar-refractivity contribution is 6.21. The zero-order valence-electron chi connectivity index (χ0n) is 13.0. The molecule has 118 valence electrons. The second kappa shape index (κ2) is 7.05. The molecule has 22 heavy (non-hydrogen) atoms. The van der Waals surface area contributed by atoms with Crippen molar-refractivity contribution in [2.45, 2.75) is 63.5 Å². The predicted octanol–water partition coefficient (Wildman–Crippen LogP) is 1.99. The van der Waals surface area contributed by atoms with E-state index >= 15 is 0 Å². The monoisotopic (exact) mass is 301 g/mol. The minimum atomic E-state index is -0.225. The Bertz CT molecular complexity index is 521. The molecule has 0 bridgehead atoms. The van der Waals surface area contributed by atoms with E-state index in [2.05, 4.69) is 5.32 Å². The van der Waals surface area contributed by atoms with Gasteiger partial charge in [0.05, 0.1) is 18.2 Å². The molecule has 3 rings (SSSR count). The summed E-state index contributed by atoms with van der Waals surface area (Å²) in [5, 5.41) is 2.18. The summed E-state index contributed by atoms with van der Waals surface area (Å²) in [5.41, 5.74) is 0.700. The fourth-order valence-corrected chi connectivity index (χ4v) is 3.66. The minimum absolute atomic E-state index is 0.0433. The molecule has 0 unspecified atom stereocenters. The number of hydrogen-bond acceptors (Lipinski definition) is 2. The summed E-state index contributed by atoms with van der Waals surface area (Å²) < 4.78 is 0. The molecule has 4 heteroatoms. The number of hydrogen-bond donors (Lipinski definition) is 1. The lowest BCUT2D eigenvalue weighted by atomic mass is 9.96. The topological polar surface area (TPSA) is 54.0 Å². The summed E-state index contributed by atoms with van der Waals surface area (Å²) >= 11 is 0. The lowest BCUT2D eigenvalue weighted by molar-refractivity contribution is -0.709. The van der Waals surface area contributed by atoms with Crippen molar-refractivity contribution < 1.29 is 14.9 Å². The second-order valence-electron chi connectivity index (χ2n) is 6.51. The average molecular weight is 301 g/mol. The molecule has 2 aliphatic rings. The Labute approximate surface area is 131 Å². The Kier molecular flexibility index (Phi) is 4.88. The van der Waals surface area contributed by atoms with Crippen LogP contribution in [0.3, 0.4) is 0 Å². The van der Waals surface area contributed by atoms with Gasteiger partial charge in [-0.25, -0.2) is 4.90 Å². The summed E-state index contributed by atoms with van der Waals surface area (Å²) in [6.07, 6.45) is 9.12. The van der Waals surface area contributed by atoms with E-state index in [1.165, 1.54) is 49.8 Å². The van der Waals surface area contributed by atoms with Gasteiger partial charge in [0.15, 0.2) is 6.04 Å². The highest BCUT2D eigenvalue weighted by Gasteiger charge is 2.43. The van der Waals surface area contributed by atoms with Crippen molar-refractivity contribution >= 4 is 17.5 Å². The van der Waals surface area contributed by atoms with E-state index in [-0.39, 0.29) is 17.9 Å². The van der Waals surface area contributed by atoms with Gasteiger partial charge in [-0.3, -0.25) is 9.59 Å². The zero-order valence-corrected chi connectivity index (χ0v) is 13.0. The van der Waals surface area contributed by atoms with Gasteiger partial charge >= 0.3 is 0 Å². The fraction of sp³-hybridized carbons (Fsp3) is 0.556. The van der Waals surface area contributed by atoms with Crippen LogP contribution in [0, 0.1) is 0 Å². The first-order valence-electron chi connectivity index (χ1n) is 8.52.